The van der Waals surface area contributed by atoms with Crippen molar-refractivity contribution in [2.24, 2.45) is 10.3 Å². The van der Waals surface area contributed by atoms with Crippen LogP contribution in [0.15, 0.2) is 51.9 Å². The van der Waals surface area contributed by atoms with Gasteiger partial charge in [0.1, 0.15) is 4.90 Å². The number of amidine groups is 1. The summed E-state index contributed by atoms with van der Waals surface area (Å²) in [5, 5.41) is 2.99. The van der Waals surface area contributed by atoms with Gasteiger partial charge in [0.25, 0.3) is 10.0 Å². The van der Waals surface area contributed by atoms with Gasteiger partial charge in [0.05, 0.1) is 6.10 Å². The molecule has 31 heavy (non-hydrogen) atoms. The van der Waals surface area contributed by atoms with Crippen molar-refractivity contribution in [1.29, 1.82) is 0 Å². The molecule has 9 heteroatoms. The first-order valence-corrected chi connectivity index (χ1v) is 11.9. The molecule has 3 heterocycles. The van der Waals surface area contributed by atoms with Gasteiger partial charge in [-0.05, 0) is 44.9 Å². The Labute approximate surface area is 182 Å². The fourth-order valence-corrected chi connectivity index (χ4v) is 5.11. The summed E-state index contributed by atoms with van der Waals surface area (Å²) in [5.74, 6) is 0.878. The minimum atomic E-state index is -3.64. The number of nitrogens with zero attached hydrogens (tertiary/aromatic N) is 3. The van der Waals surface area contributed by atoms with Crippen molar-refractivity contribution < 1.29 is 17.9 Å². The fourth-order valence-electron chi connectivity index (χ4n) is 3.88. The van der Waals surface area contributed by atoms with E-state index in [1.165, 1.54) is 0 Å². The van der Waals surface area contributed by atoms with Gasteiger partial charge in [-0.2, -0.15) is 8.42 Å². The van der Waals surface area contributed by atoms with Crippen LogP contribution in [0.3, 0.4) is 0 Å². The molecule has 164 valence electrons. The van der Waals surface area contributed by atoms with Crippen molar-refractivity contribution >= 4 is 21.8 Å². The highest BCUT2D eigenvalue weighted by atomic mass is 32.2. The molecule has 0 unspecified atom stereocenters. The van der Waals surface area contributed by atoms with Crippen molar-refractivity contribution in [3.8, 4) is 5.88 Å². The van der Waals surface area contributed by atoms with E-state index in [4.69, 9.17) is 4.74 Å². The van der Waals surface area contributed by atoms with E-state index < -0.39 is 10.0 Å². The third-order valence-corrected chi connectivity index (χ3v) is 6.75. The number of fused-ring (bicyclic) bond motifs is 1. The van der Waals surface area contributed by atoms with Crippen LogP contribution in [-0.4, -0.2) is 49.2 Å². The molecule has 2 aliphatic heterocycles. The number of benzene rings is 1. The lowest BCUT2D eigenvalue weighted by molar-refractivity contribution is -0.126. The largest absolute Gasteiger partial charge is 0.475 e. The summed E-state index contributed by atoms with van der Waals surface area (Å²) >= 11 is 0. The standard InChI is InChI=1S/C22H26N4O4S/c1-15(2)30-22-17(6-5-11-23-22)14-24-21(27)16-9-12-26(13-10-16)20-18-7-3-4-8-19(18)31(28,29)25-20/h3-8,11,15-16H,9-10,12-14H2,1-2H3,(H,24,27). The van der Waals surface area contributed by atoms with Crippen molar-refractivity contribution in [2.75, 3.05) is 13.1 Å². The summed E-state index contributed by atoms with van der Waals surface area (Å²) in [6.45, 7) is 5.38. The molecule has 0 atom stereocenters. The van der Waals surface area contributed by atoms with Crippen molar-refractivity contribution in [2.45, 2.75) is 44.2 Å². The molecule has 0 bridgehead atoms. The maximum absolute atomic E-state index is 12.7. The van der Waals surface area contributed by atoms with Crippen LogP contribution < -0.4 is 10.1 Å². The number of pyridine rings is 1. The van der Waals surface area contributed by atoms with E-state index >= 15 is 0 Å². The zero-order chi connectivity index (χ0) is 22.0. The third-order valence-electron chi connectivity index (χ3n) is 5.43. The maximum atomic E-state index is 12.7. The number of amides is 1. The summed E-state index contributed by atoms with van der Waals surface area (Å²) in [6, 6.07) is 10.6. The topological polar surface area (TPSA) is 101 Å². The lowest BCUT2D eigenvalue weighted by atomic mass is 9.95. The normalized spacial score (nSPS) is 17.9. The van der Waals surface area contributed by atoms with Crippen molar-refractivity contribution in [3.63, 3.8) is 0 Å². The second-order valence-corrected chi connectivity index (χ2v) is 9.57. The molecule has 2 aromatic rings. The zero-order valence-electron chi connectivity index (χ0n) is 17.6. The van der Waals surface area contributed by atoms with Crippen LogP contribution in [0.25, 0.3) is 0 Å². The number of piperidine rings is 1. The first-order valence-electron chi connectivity index (χ1n) is 10.4. The lowest BCUT2D eigenvalue weighted by Crippen LogP contribution is -2.43. The number of ether oxygens (including phenoxy) is 1. The Kier molecular flexibility index (Phi) is 5.95. The molecule has 0 saturated carbocycles. The predicted molar refractivity (Wildman–Crippen MR) is 116 cm³/mol. The average molecular weight is 443 g/mol. The Balaban J connectivity index is 1.35. The van der Waals surface area contributed by atoms with Gasteiger partial charge in [0, 0.05) is 42.9 Å². The van der Waals surface area contributed by atoms with Crippen LogP contribution in [-0.2, 0) is 21.4 Å². The third kappa shape index (κ3) is 4.56. The van der Waals surface area contributed by atoms with E-state index in [2.05, 4.69) is 14.7 Å². The van der Waals surface area contributed by atoms with Crippen LogP contribution >= 0.6 is 0 Å². The number of carbonyl (C=O) groups excluding carboxylic acids is 1. The Morgan fingerprint density at radius 2 is 1.94 bits per heavy atom. The average Bonchev–Trinajstić information content (AvgIpc) is 3.04. The Morgan fingerprint density at radius 3 is 2.68 bits per heavy atom. The van der Waals surface area contributed by atoms with Crippen molar-refractivity contribution in [1.82, 2.24) is 15.2 Å². The lowest BCUT2D eigenvalue weighted by Gasteiger charge is -2.32. The zero-order valence-corrected chi connectivity index (χ0v) is 18.4. The van der Waals surface area contributed by atoms with Gasteiger partial charge in [-0.25, -0.2) is 4.98 Å². The molecule has 0 aliphatic carbocycles. The highest BCUT2D eigenvalue weighted by molar-refractivity contribution is 7.90. The van der Waals surface area contributed by atoms with Gasteiger partial charge in [-0.15, -0.1) is 4.40 Å². The van der Waals surface area contributed by atoms with E-state index in [1.807, 2.05) is 36.9 Å². The number of aromatic nitrogens is 1. The first-order chi connectivity index (χ1) is 14.8. The molecular formula is C22H26N4O4S. The van der Waals surface area contributed by atoms with E-state index in [-0.39, 0.29) is 22.8 Å². The molecule has 1 fully saturated rings. The molecule has 1 N–H and O–H groups in total. The van der Waals surface area contributed by atoms with Crippen LogP contribution in [0.5, 0.6) is 5.88 Å². The van der Waals surface area contributed by atoms with E-state index in [0.717, 1.165) is 5.56 Å². The van der Waals surface area contributed by atoms with Crippen LogP contribution in [0.1, 0.15) is 37.8 Å². The number of likely N-dealkylation sites (tertiary alicyclic amines) is 1. The molecular weight excluding hydrogens is 416 g/mol. The first kappa shape index (κ1) is 21.3. The van der Waals surface area contributed by atoms with E-state index in [9.17, 15) is 13.2 Å². The van der Waals surface area contributed by atoms with Gasteiger partial charge in [-0.1, -0.05) is 18.2 Å². The predicted octanol–water partition coefficient (Wildman–Crippen LogP) is 2.35. The Morgan fingerprint density at radius 1 is 1.19 bits per heavy atom. The van der Waals surface area contributed by atoms with Gasteiger partial charge in [0.2, 0.25) is 11.8 Å². The fraction of sp³-hybridized carbons (Fsp3) is 0.409. The molecule has 1 aromatic heterocycles. The molecule has 8 nitrogen and oxygen atoms in total. The van der Waals surface area contributed by atoms with Crippen LogP contribution in [0.4, 0.5) is 0 Å². The summed E-state index contributed by atoms with van der Waals surface area (Å²) in [6.07, 6.45) is 2.94. The van der Waals surface area contributed by atoms with E-state index in [0.29, 0.717) is 49.8 Å². The molecule has 0 spiro atoms. The maximum Gasteiger partial charge on any atom is 0.285 e. The van der Waals surface area contributed by atoms with E-state index in [1.54, 1.807) is 24.4 Å². The van der Waals surface area contributed by atoms with Gasteiger partial charge in [-0.3, -0.25) is 4.79 Å². The number of hydrogen-bond acceptors (Lipinski definition) is 6. The highest BCUT2D eigenvalue weighted by Crippen LogP contribution is 2.29. The number of rotatable bonds is 5. The number of sulfonamides is 1. The number of nitrogens with one attached hydrogen (secondary N) is 1. The smallest absolute Gasteiger partial charge is 0.285 e. The van der Waals surface area contributed by atoms with Gasteiger partial charge >= 0.3 is 0 Å². The molecule has 1 saturated heterocycles. The minimum absolute atomic E-state index is 0.00104. The molecule has 2 aliphatic rings. The van der Waals surface area contributed by atoms with Gasteiger partial charge < -0.3 is 15.0 Å². The number of hydrogen-bond donors (Lipinski definition) is 1. The van der Waals surface area contributed by atoms with Crippen LogP contribution in [0, 0.1) is 5.92 Å². The number of carbonyl (C=O) groups is 1. The highest BCUT2D eigenvalue weighted by Gasteiger charge is 2.34. The quantitative estimate of drug-likeness (QED) is 0.763. The second kappa shape index (κ2) is 8.66. The summed E-state index contributed by atoms with van der Waals surface area (Å²) in [7, 11) is -3.64. The summed E-state index contributed by atoms with van der Waals surface area (Å²) < 4.78 is 34.3. The van der Waals surface area contributed by atoms with Crippen molar-refractivity contribution in [3.05, 3.63) is 53.7 Å². The van der Waals surface area contributed by atoms with Gasteiger partial charge in [0.15, 0.2) is 5.84 Å². The molecule has 0 radical (unpaired) electrons. The molecule has 1 aromatic carbocycles. The summed E-state index contributed by atoms with van der Waals surface area (Å²) in [4.78, 5) is 19.2. The second-order valence-electron chi connectivity index (χ2n) is 8.00. The minimum Gasteiger partial charge on any atom is -0.475 e. The SMILES string of the molecule is CC(C)Oc1ncccc1CNC(=O)C1CCN(C2=NS(=O)(=O)c3ccccc32)CC1. The summed E-state index contributed by atoms with van der Waals surface area (Å²) in [5.41, 5.74) is 1.48. The van der Waals surface area contributed by atoms with Crippen LogP contribution in [0.2, 0.25) is 0 Å². The molecule has 4 rings (SSSR count). The monoisotopic (exact) mass is 442 g/mol. The molecule has 1 amide bonds. The Bertz CT molecular complexity index is 1110. The Hall–Kier alpha value is -2.94.